The second-order valence-electron chi connectivity index (χ2n) is 6.12. The average Bonchev–Trinajstić information content (AvgIpc) is 3.10. The normalized spacial score (nSPS) is 17.4. The quantitative estimate of drug-likeness (QED) is 0.552. The second kappa shape index (κ2) is 10.3. The summed E-state index contributed by atoms with van der Waals surface area (Å²) in [5.74, 6) is -0.183. The van der Waals surface area contributed by atoms with Crippen LogP contribution in [0.3, 0.4) is 0 Å². The Balaban J connectivity index is 0.00000364. The lowest BCUT2D eigenvalue weighted by Gasteiger charge is -2.12. The molecule has 1 saturated heterocycles. The molecular weight excluding hydrogens is 407 g/mol. The van der Waals surface area contributed by atoms with Gasteiger partial charge in [-0.1, -0.05) is 6.07 Å². The van der Waals surface area contributed by atoms with Crippen LogP contribution in [0.2, 0.25) is 0 Å². The summed E-state index contributed by atoms with van der Waals surface area (Å²) in [5, 5.41) is 6.02. The number of amides is 1. The van der Waals surface area contributed by atoms with Crippen molar-refractivity contribution in [3.8, 4) is 0 Å². The van der Waals surface area contributed by atoms with Gasteiger partial charge in [-0.15, -0.1) is 12.4 Å². The van der Waals surface area contributed by atoms with E-state index in [9.17, 15) is 26.4 Å². The molecule has 2 rings (SSSR count). The smallest absolute Gasteiger partial charge is 0.355 e. The summed E-state index contributed by atoms with van der Waals surface area (Å²) >= 11 is 0. The minimum absolute atomic E-state index is 0. The van der Waals surface area contributed by atoms with Crippen LogP contribution in [0.1, 0.15) is 31.2 Å². The summed E-state index contributed by atoms with van der Waals surface area (Å²) in [6, 6.07) is 3.81. The summed E-state index contributed by atoms with van der Waals surface area (Å²) in [6.45, 7) is 1.44. The third kappa shape index (κ3) is 7.65. The molecule has 1 aromatic carbocycles. The first kappa shape index (κ1) is 23.7. The monoisotopic (exact) mass is 429 g/mol. The van der Waals surface area contributed by atoms with E-state index in [0.717, 1.165) is 37.6 Å². The number of alkyl halides is 3. The Morgan fingerprint density at radius 3 is 2.67 bits per heavy atom. The van der Waals surface area contributed by atoms with Crippen LogP contribution in [0.4, 0.5) is 13.2 Å². The number of sulfonamides is 1. The van der Waals surface area contributed by atoms with Gasteiger partial charge in [-0.2, -0.15) is 13.2 Å². The third-order valence-electron chi connectivity index (χ3n) is 4.05. The van der Waals surface area contributed by atoms with Gasteiger partial charge in [0.05, 0.1) is 10.5 Å². The van der Waals surface area contributed by atoms with Crippen LogP contribution in [0, 0.1) is 0 Å². The van der Waals surface area contributed by atoms with E-state index in [1.54, 1.807) is 0 Å². The molecule has 0 radical (unpaired) electrons. The molecule has 154 valence electrons. The van der Waals surface area contributed by atoms with Crippen molar-refractivity contribution in [2.45, 2.75) is 42.8 Å². The summed E-state index contributed by atoms with van der Waals surface area (Å²) in [4.78, 5) is 11.3. The molecule has 1 aliphatic heterocycles. The number of carbonyl (C=O) groups is 1. The summed E-state index contributed by atoms with van der Waals surface area (Å²) < 4.78 is 64.4. The molecule has 3 N–H and O–H groups in total. The standard InChI is InChI=1S/C16H22F3N3O3S.ClH/c17-16(18,19)12-4-1-6-14(10-12)26(24,25)22-9-3-7-15(23)21-11-13-5-2-8-20-13;/h1,4,6,10,13,20,22H,2-3,5,7-9,11H2,(H,21,23);1H. The maximum absolute atomic E-state index is 12.7. The Hall–Kier alpha value is -1.36. The predicted octanol–water partition coefficient (Wildman–Crippen LogP) is 2.05. The maximum atomic E-state index is 12.7. The zero-order chi connectivity index (χ0) is 19.2. The second-order valence-corrected chi connectivity index (χ2v) is 7.89. The fourth-order valence-electron chi connectivity index (χ4n) is 2.63. The van der Waals surface area contributed by atoms with Crippen LogP contribution in [-0.4, -0.2) is 40.0 Å². The van der Waals surface area contributed by atoms with Crippen LogP contribution in [-0.2, 0) is 21.0 Å². The lowest BCUT2D eigenvalue weighted by atomic mass is 10.2. The molecule has 0 bridgehead atoms. The van der Waals surface area contributed by atoms with Crippen molar-refractivity contribution >= 4 is 28.3 Å². The summed E-state index contributed by atoms with van der Waals surface area (Å²) in [7, 11) is -4.06. The van der Waals surface area contributed by atoms with E-state index in [4.69, 9.17) is 0 Å². The van der Waals surface area contributed by atoms with Crippen molar-refractivity contribution in [1.29, 1.82) is 0 Å². The van der Waals surface area contributed by atoms with Gasteiger partial charge in [-0.05, 0) is 44.0 Å². The van der Waals surface area contributed by atoms with E-state index >= 15 is 0 Å². The van der Waals surface area contributed by atoms with Gasteiger partial charge in [0, 0.05) is 25.6 Å². The van der Waals surface area contributed by atoms with Crippen molar-refractivity contribution in [3.05, 3.63) is 29.8 Å². The van der Waals surface area contributed by atoms with Gasteiger partial charge >= 0.3 is 6.18 Å². The molecule has 1 aliphatic rings. The van der Waals surface area contributed by atoms with E-state index in [-0.39, 0.29) is 43.7 Å². The van der Waals surface area contributed by atoms with Gasteiger partial charge < -0.3 is 10.6 Å². The lowest BCUT2D eigenvalue weighted by molar-refractivity contribution is -0.137. The van der Waals surface area contributed by atoms with Crippen molar-refractivity contribution in [3.63, 3.8) is 0 Å². The van der Waals surface area contributed by atoms with Crippen molar-refractivity contribution in [1.82, 2.24) is 15.4 Å². The van der Waals surface area contributed by atoms with Gasteiger partial charge in [0.25, 0.3) is 0 Å². The molecule has 1 aromatic rings. The number of hydrogen-bond acceptors (Lipinski definition) is 4. The van der Waals surface area contributed by atoms with Crippen molar-refractivity contribution < 1.29 is 26.4 Å². The maximum Gasteiger partial charge on any atom is 0.416 e. The highest BCUT2D eigenvalue weighted by Crippen LogP contribution is 2.30. The Labute approximate surface area is 162 Å². The third-order valence-corrected chi connectivity index (χ3v) is 5.51. The largest absolute Gasteiger partial charge is 0.416 e. The number of rotatable bonds is 8. The zero-order valence-electron chi connectivity index (χ0n) is 14.5. The lowest BCUT2D eigenvalue weighted by Crippen LogP contribution is -2.37. The molecule has 0 aliphatic carbocycles. The molecule has 1 unspecified atom stereocenters. The first-order chi connectivity index (χ1) is 12.2. The molecule has 1 heterocycles. The highest BCUT2D eigenvalue weighted by Gasteiger charge is 2.31. The number of nitrogens with one attached hydrogen (secondary N) is 3. The minimum atomic E-state index is -4.61. The highest BCUT2D eigenvalue weighted by molar-refractivity contribution is 7.89. The number of halogens is 4. The average molecular weight is 430 g/mol. The molecule has 0 saturated carbocycles. The van der Waals surface area contributed by atoms with Gasteiger partial charge in [0.2, 0.25) is 15.9 Å². The van der Waals surface area contributed by atoms with Crippen molar-refractivity contribution in [2.75, 3.05) is 19.6 Å². The minimum Gasteiger partial charge on any atom is -0.355 e. The Morgan fingerprint density at radius 1 is 1.30 bits per heavy atom. The number of benzene rings is 1. The Bertz CT molecular complexity index is 723. The fourth-order valence-corrected chi connectivity index (χ4v) is 3.75. The Kier molecular flexibility index (Phi) is 9.00. The summed E-state index contributed by atoms with van der Waals surface area (Å²) in [6.07, 6.45) is -2.13. The molecule has 6 nitrogen and oxygen atoms in total. The molecule has 27 heavy (non-hydrogen) atoms. The van der Waals surface area contributed by atoms with Crippen LogP contribution in [0.15, 0.2) is 29.2 Å². The first-order valence-corrected chi connectivity index (χ1v) is 9.84. The van der Waals surface area contributed by atoms with E-state index < -0.39 is 26.7 Å². The van der Waals surface area contributed by atoms with E-state index in [1.807, 2.05) is 0 Å². The molecule has 1 fully saturated rings. The highest BCUT2D eigenvalue weighted by atomic mass is 35.5. The van der Waals surface area contributed by atoms with Gasteiger partial charge in [0.1, 0.15) is 0 Å². The van der Waals surface area contributed by atoms with Crippen LogP contribution >= 0.6 is 12.4 Å². The van der Waals surface area contributed by atoms with Gasteiger partial charge in [-0.25, -0.2) is 13.1 Å². The van der Waals surface area contributed by atoms with E-state index in [1.165, 1.54) is 0 Å². The van der Waals surface area contributed by atoms with E-state index in [2.05, 4.69) is 15.4 Å². The van der Waals surface area contributed by atoms with Crippen molar-refractivity contribution in [2.24, 2.45) is 0 Å². The summed E-state index contributed by atoms with van der Waals surface area (Å²) in [5.41, 5.74) is -1.03. The molecule has 1 atom stereocenters. The van der Waals surface area contributed by atoms with Gasteiger partial charge in [-0.3, -0.25) is 4.79 Å². The molecule has 0 aromatic heterocycles. The van der Waals surface area contributed by atoms with Crippen LogP contribution < -0.4 is 15.4 Å². The predicted molar refractivity (Wildman–Crippen MR) is 97.1 cm³/mol. The van der Waals surface area contributed by atoms with Crippen LogP contribution in [0.5, 0.6) is 0 Å². The number of carbonyl (C=O) groups excluding carboxylic acids is 1. The van der Waals surface area contributed by atoms with Crippen LogP contribution in [0.25, 0.3) is 0 Å². The SMILES string of the molecule is Cl.O=C(CCCNS(=O)(=O)c1cccc(C(F)(F)F)c1)NCC1CCCN1. The number of hydrogen-bond donors (Lipinski definition) is 3. The molecule has 11 heteroatoms. The zero-order valence-corrected chi connectivity index (χ0v) is 16.1. The first-order valence-electron chi connectivity index (χ1n) is 8.35. The Morgan fingerprint density at radius 2 is 2.04 bits per heavy atom. The van der Waals surface area contributed by atoms with Gasteiger partial charge in [0.15, 0.2) is 0 Å². The molecular formula is C16H23ClF3N3O3S. The molecule has 0 spiro atoms. The topological polar surface area (TPSA) is 87.3 Å². The molecule has 1 amide bonds. The van der Waals surface area contributed by atoms with E-state index in [0.29, 0.717) is 12.6 Å². The fraction of sp³-hybridized carbons (Fsp3) is 0.562.